The second kappa shape index (κ2) is 8.36. The first-order valence-electron chi connectivity index (χ1n) is 6.63. The third kappa shape index (κ3) is 5.30. The van der Waals surface area contributed by atoms with Crippen molar-refractivity contribution in [2.75, 3.05) is 24.5 Å². The van der Waals surface area contributed by atoms with E-state index in [0.717, 1.165) is 18.9 Å². The predicted molar refractivity (Wildman–Crippen MR) is 88.6 cm³/mol. The molecule has 1 fully saturated rings. The number of amides is 1. The van der Waals surface area contributed by atoms with Gasteiger partial charge in [-0.25, -0.2) is 0 Å². The van der Waals surface area contributed by atoms with Gasteiger partial charge in [0.05, 0.1) is 0 Å². The molecule has 1 aliphatic heterocycles. The van der Waals surface area contributed by atoms with Crippen LogP contribution in [-0.2, 0) is 0 Å². The number of hydrogen-bond acceptors (Lipinski definition) is 5. The lowest BCUT2D eigenvalue weighted by atomic mass is 10.1. The van der Waals surface area contributed by atoms with Crippen molar-refractivity contribution in [3.05, 3.63) is 17.8 Å². The first kappa shape index (κ1) is 19.9. The molecule has 1 aromatic heterocycles. The fraction of sp³-hybridized carbons (Fsp3) is 0.615. The average molecular weight is 336 g/mol. The van der Waals surface area contributed by atoms with Gasteiger partial charge >= 0.3 is 0 Å². The number of nitrogens with zero attached hydrogens (tertiary/aromatic N) is 3. The molecule has 21 heavy (non-hydrogen) atoms. The molecule has 0 bridgehead atoms. The number of nitrogens with one attached hydrogen (secondary N) is 1. The molecule has 8 heteroatoms. The molecular weight excluding hydrogens is 313 g/mol. The molecule has 2 heterocycles. The lowest BCUT2D eigenvalue weighted by Gasteiger charge is -2.23. The van der Waals surface area contributed by atoms with Crippen LogP contribution < -0.4 is 16.0 Å². The molecule has 1 saturated heterocycles. The molecule has 0 saturated carbocycles. The molecule has 0 aliphatic carbocycles. The van der Waals surface area contributed by atoms with Crippen LogP contribution in [0.3, 0.4) is 0 Å². The van der Waals surface area contributed by atoms with Crippen LogP contribution in [0.15, 0.2) is 12.1 Å². The number of nitrogens with two attached hydrogens (primary N) is 1. The molecule has 0 atom stereocenters. The van der Waals surface area contributed by atoms with Crippen molar-refractivity contribution in [2.45, 2.75) is 32.2 Å². The summed E-state index contributed by atoms with van der Waals surface area (Å²) in [6.07, 6.45) is 2.38. The Hall–Kier alpha value is -1.11. The maximum atomic E-state index is 12.0. The van der Waals surface area contributed by atoms with Crippen LogP contribution in [0.1, 0.15) is 37.2 Å². The minimum Gasteiger partial charge on any atom is -0.355 e. The Morgan fingerprint density at radius 1 is 1.29 bits per heavy atom. The van der Waals surface area contributed by atoms with E-state index < -0.39 is 5.54 Å². The van der Waals surface area contributed by atoms with Gasteiger partial charge in [0.1, 0.15) is 0 Å². The van der Waals surface area contributed by atoms with E-state index in [0.29, 0.717) is 12.2 Å². The summed E-state index contributed by atoms with van der Waals surface area (Å²) in [5.41, 5.74) is 5.47. The van der Waals surface area contributed by atoms with E-state index in [4.69, 9.17) is 5.73 Å². The molecule has 0 aromatic carbocycles. The van der Waals surface area contributed by atoms with Gasteiger partial charge in [0, 0.05) is 25.2 Å². The van der Waals surface area contributed by atoms with Crippen molar-refractivity contribution in [1.29, 1.82) is 0 Å². The zero-order valence-electron chi connectivity index (χ0n) is 12.3. The minimum absolute atomic E-state index is 0. The molecule has 120 valence electrons. The highest BCUT2D eigenvalue weighted by Crippen LogP contribution is 2.16. The Kier molecular flexibility index (Phi) is 7.92. The maximum absolute atomic E-state index is 12.0. The highest BCUT2D eigenvalue weighted by molar-refractivity contribution is 5.92. The van der Waals surface area contributed by atoms with E-state index in [1.54, 1.807) is 6.07 Å². The Labute approximate surface area is 137 Å². The number of halogens is 2. The predicted octanol–water partition coefficient (Wildman–Crippen LogP) is 1.39. The largest absolute Gasteiger partial charge is 0.355 e. The van der Waals surface area contributed by atoms with Crippen LogP contribution in [0, 0.1) is 0 Å². The molecule has 0 spiro atoms. The Morgan fingerprint density at radius 2 is 1.90 bits per heavy atom. The molecule has 1 amide bonds. The number of carbonyl (C=O) groups is 1. The minimum atomic E-state index is -0.438. The summed E-state index contributed by atoms with van der Waals surface area (Å²) >= 11 is 0. The van der Waals surface area contributed by atoms with Gasteiger partial charge < -0.3 is 16.0 Å². The van der Waals surface area contributed by atoms with Gasteiger partial charge in [0.15, 0.2) is 11.5 Å². The van der Waals surface area contributed by atoms with Crippen molar-refractivity contribution >= 4 is 36.5 Å². The van der Waals surface area contributed by atoms with E-state index in [-0.39, 0.29) is 30.7 Å². The van der Waals surface area contributed by atoms with E-state index in [1.165, 1.54) is 12.8 Å². The lowest BCUT2D eigenvalue weighted by Crippen LogP contribution is -2.49. The normalized spacial score (nSPS) is 14.1. The third-order valence-electron chi connectivity index (χ3n) is 3.28. The van der Waals surface area contributed by atoms with Crippen molar-refractivity contribution in [1.82, 2.24) is 15.5 Å². The summed E-state index contributed by atoms with van der Waals surface area (Å²) in [5, 5.41) is 10.9. The number of rotatable bonds is 4. The number of hydrogen-bond donors (Lipinski definition) is 2. The maximum Gasteiger partial charge on any atom is 0.272 e. The summed E-state index contributed by atoms with van der Waals surface area (Å²) < 4.78 is 0. The molecule has 0 radical (unpaired) electrons. The Bertz CT molecular complexity index is 446. The molecule has 1 aliphatic rings. The van der Waals surface area contributed by atoms with Gasteiger partial charge in [-0.1, -0.05) is 0 Å². The second-order valence-corrected chi connectivity index (χ2v) is 5.51. The van der Waals surface area contributed by atoms with Crippen molar-refractivity contribution in [3.8, 4) is 0 Å². The molecule has 1 aromatic rings. The van der Waals surface area contributed by atoms with Crippen molar-refractivity contribution in [2.24, 2.45) is 5.73 Å². The smallest absolute Gasteiger partial charge is 0.272 e. The number of aromatic nitrogens is 2. The third-order valence-corrected chi connectivity index (χ3v) is 3.28. The highest BCUT2D eigenvalue weighted by atomic mass is 35.5. The molecular formula is C13H23Cl2N5O. The molecule has 2 rings (SSSR count). The standard InChI is InChI=1S/C13H21N5O.2ClH/c1-13(2,9-14)15-12(19)10-5-6-11(17-16-10)18-7-3-4-8-18;;/h5-6H,3-4,7-9,14H2,1-2H3,(H,15,19);2*1H. The zero-order chi connectivity index (χ0) is 13.9. The van der Waals surface area contributed by atoms with Crippen LogP contribution >= 0.6 is 24.8 Å². The Balaban J connectivity index is 0.00000200. The lowest BCUT2D eigenvalue weighted by molar-refractivity contribution is 0.0909. The first-order valence-corrected chi connectivity index (χ1v) is 6.63. The van der Waals surface area contributed by atoms with E-state index in [9.17, 15) is 4.79 Å². The van der Waals surface area contributed by atoms with Crippen LogP contribution in [0.4, 0.5) is 5.82 Å². The summed E-state index contributed by atoms with van der Waals surface area (Å²) in [5.74, 6) is 0.600. The fourth-order valence-corrected chi connectivity index (χ4v) is 1.98. The summed E-state index contributed by atoms with van der Waals surface area (Å²) in [4.78, 5) is 14.1. The zero-order valence-corrected chi connectivity index (χ0v) is 14.0. The highest BCUT2D eigenvalue weighted by Gasteiger charge is 2.21. The van der Waals surface area contributed by atoms with Gasteiger partial charge in [0.2, 0.25) is 0 Å². The van der Waals surface area contributed by atoms with E-state index >= 15 is 0 Å². The molecule has 0 unspecified atom stereocenters. The Morgan fingerprint density at radius 3 is 2.38 bits per heavy atom. The van der Waals surface area contributed by atoms with Crippen LogP contribution in [0.25, 0.3) is 0 Å². The average Bonchev–Trinajstić information content (AvgIpc) is 2.92. The monoisotopic (exact) mass is 335 g/mol. The van der Waals surface area contributed by atoms with Crippen molar-refractivity contribution < 1.29 is 4.79 Å². The summed E-state index contributed by atoms with van der Waals surface area (Å²) in [6.45, 7) is 6.15. The van der Waals surface area contributed by atoms with Crippen LogP contribution in [0.2, 0.25) is 0 Å². The van der Waals surface area contributed by atoms with E-state index in [2.05, 4.69) is 20.4 Å². The van der Waals surface area contributed by atoms with Gasteiger partial charge in [-0.2, -0.15) is 0 Å². The fourth-order valence-electron chi connectivity index (χ4n) is 1.98. The quantitative estimate of drug-likeness (QED) is 0.868. The second-order valence-electron chi connectivity index (χ2n) is 5.51. The molecule has 3 N–H and O–H groups in total. The topological polar surface area (TPSA) is 84.1 Å². The molecule has 6 nitrogen and oxygen atoms in total. The van der Waals surface area contributed by atoms with Crippen molar-refractivity contribution in [3.63, 3.8) is 0 Å². The number of anilines is 1. The number of carbonyl (C=O) groups excluding carboxylic acids is 1. The van der Waals surface area contributed by atoms with Crippen LogP contribution in [-0.4, -0.2) is 41.3 Å². The summed E-state index contributed by atoms with van der Waals surface area (Å²) in [6, 6.07) is 3.56. The van der Waals surface area contributed by atoms with E-state index in [1.807, 2.05) is 19.9 Å². The SMILES string of the molecule is CC(C)(CN)NC(=O)c1ccc(N2CCCC2)nn1.Cl.Cl. The van der Waals surface area contributed by atoms with Gasteiger partial charge in [0.25, 0.3) is 5.91 Å². The first-order chi connectivity index (χ1) is 9.02. The van der Waals surface area contributed by atoms with Gasteiger partial charge in [-0.15, -0.1) is 35.0 Å². The summed E-state index contributed by atoms with van der Waals surface area (Å²) in [7, 11) is 0. The van der Waals surface area contributed by atoms with Gasteiger partial charge in [-0.3, -0.25) is 4.79 Å². The van der Waals surface area contributed by atoms with Crippen LogP contribution in [0.5, 0.6) is 0 Å². The van der Waals surface area contributed by atoms with Gasteiger partial charge in [-0.05, 0) is 38.8 Å².